The van der Waals surface area contributed by atoms with E-state index in [1.807, 2.05) is 43.1 Å². The van der Waals surface area contributed by atoms with Gasteiger partial charge in [-0.15, -0.1) is 24.0 Å². The van der Waals surface area contributed by atoms with Crippen molar-refractivity contribution < 1.29 is 9.21 Å². The Morgan fingerprint density at radius 1 is 1.19 bits per heavy atom. The second-order valence-corrected chi connectivity index (χ2v) is 6.56. The number of nitrogens with one attached hydrogen (secondary N) is 1. The van der Waals surface area contributed by atoms with Crippen molar-refractivity contribution in [2.75, 3.05) is 27.7 Å². The average Bonchev–Trinajstić information content (AvgIpc) is 3.03. The van der Waals surface area contributed by atoms with Crippen LogP contribution in [0, 0.1) is 6.92 Å². The Labute approximate surface area is 178 Å². The van der Waals surface area contributed by atoms with Crippen LogP contribution in [0.2, 0.25) is 0 Å². The van der Waals surface area contributed by atoms with Crippen molar-refractivity contribution in [3.05, 3.63) is 59.5 Å². The number of hydrogen-bond acceptors (Lipinski definition) is 3. The summed E-state index contributed by atoms with van der Waals surface area (Å²) in [7, 11) is 5.42. The quantitative estimate of drug-likeness (QED) is 0.388. The van der Waals surface area contributed by atoms with Gasteiger partial charge >= 0.3 is 0 Å². The molecule has 0 aliphatic rings. The molecule has 1 aromatic heterocycles. The first-order valence-electron chi connectivity index (χ1n) is 8.68. The maximum atomic E-state index is 12.0. The Kier molecular flexibility index (Phi) is 9.34. The van der Waals surface area contributed by atoms with Crippen LogP contribution in [-0.4, -0.2) is 49.4 Å². The lowest BCUT2D eigenvalue weighted by Crippen LogP contribution is -2.40. The fourth-order valence-corrected chi connectivity index (χ4v) is 2.48. The number of aryl methyl sites for hydroxylation is 1. The Morgan fingerprint density at radius 3 is 2.41 bits per heavy atom. The number of guanidine groups is 1. The predicted octanol–water partition coefficient (Wildman–Crippen LogP) is 3.43. The number of rotatable bonds is 6. The summed E-state index contributed by atoms with van der Waals surface area (Å²) in [5, 5.41) is 3.43. The average molecular weight is 484 g/mol. The highest BCUT2D eigenvalue weighted by Gasteiger charge is 2.15. The van der Waals surface area contributed by atoms with Crippen LogP contribution in [0.4, 0.5) is 0 Å². The molecule has 27 heavy (non-hydrogen) atoms. The largest absolute Gasteiger partial charge is 0.469 e. The molecule has 1 aromatic carbocycles. The number of carbonyl (C=O) groups is 1. The fourth-order valence-electron chi connectivity index (χ4n) is 2.48. The van der Waals surface area contributed by atoms with E-state index in [1.54, 1.807) is 25.3 Å². The van der Waals surface area contributed by atoms with E-state index in [9.17, 15) is 4.79 Å². The van der Waals surface area contributed by atoms with Crippen molar-refractivity contribution >= 4 is 35.8 Å². The molecule has 0 saturated heterocycles. The van der Waals surface area contributed by atoms with E-state index in [-0.39, 0.29) is 42.5 Å². The number of aliphatic imine (C=N–C) groups is 1. The SMILES string of the molecule is Cc1occc1CN(C)C(=NCC(=O)N(C)C)NC(C)c1ccccc1.I. The molecule has 0 spiro atoms. The van der Waals surface area contributed by atoms with Gasteiger partial charge in [-0.1, -0.05) is 30.3 Å². The highest BCUT2D eigenvalue weighted by Crippen LogP contribution is 2.14. The molecule has 1 N–H and O–H groups in total. The van der Waals surface area contributed by atoms with Crippen LogP contribution in [0.25, 0.3) is 0 Å². The van der Waals surface area contributed by atoms with Gasteiger partial charge in [-0.25, -0.2) is 4.99 Å². The number of halogens is 1. The molecule has 2 rings (SSSR count). The summed E-state index contributed by atoms with van der Waals surface area (Å²) < 4.78 is 5.38. The molecule has 7 heteroatoms. The minimum atomic E-state index is -0.0374. The molecule has 1 atom stereocenters. The highest BCUT2D eigenvalue weighted by molar-refractivity contribution is 14.0. The van der Waals surface area contributed by atoms with Crippen molar-refractivity contribution in [2.24, 2.45) is 4.99 Å². The summed E-state index contributed by atoms with van der Waals surface area (Å²) in [4.78, 5) is 20.0. The van der Waals surface area contributed by atoms with Crippen LogP contribution in [0.15, 0.2) is 52.1 Å². The van der Waals surface area contributed by atoms with E-state index in [2.05, 4.69) is 29.4 Å². The number of benzene rings is 1. The third kappa shape index (κ3) is 6.89. The van der Waals surface area contributed by atoms with E-state index < -0.39 is 0 Å². The molecular formula is C20H29IN4O2. The van der Waals surface area contributed by atoms with E-state index in [4.69, 9.17) is 4.42 Å². The second kappa shape index (κ2) is 11.0. The summed E-state index contributed by atoms with van der Waals surface area (Å²) in [5.41, 5.74) is 2.25. The fraction of sp³-hybridized carbons (Fsp3) is 0.400. The van der Waals surface area contributed by atoms with E-state index in [1.165, 1.54) is 0 Å². The van der Waals surface area contributed by atoms with Gasteiger partial charge in [0.2, 0.25) is 5.91 Å². The van der Waals surface area contributed by atoms with Crippen molar-refractivity contribution in [3.8, 4) is 0 Å². The summed E-state index contributed by atoms with van der Waals surface area (Å²) in [6.45, 7) is 4.77. The van der Waals surface area contributed by atoms with Crippen LogP contribution in [0.5, 0.6) is 0 Å². The van der Waals surface area contributed by atoms with Crippen molar-refractivity contribution in [1.82, 2.24) is 15.1 Å². The lowest BCUT2D eigenvalue weighted by Gasteiger charge is -2.26. The van der Waals surface area contributed by atoms with Gasteiger partial charge in [-0.3, -0.25) is 4.79 Å². The number of likely N-dealkylation sites (N-methyl/N-ethyl adjacent to an activating group) is 1. The Morgan fingerprint density at radius 2 is 1.85 bits per heavy atom. The van der Waals surface area contributed by atoms with Crippen molar-refractivity contribution in [3.63, 3.8) is 0 Å². The molecule has 0 saturated carbocycles. The first-order valence-corrected chi connectivity index (χ1v) is 8.68. The lowest BCUT2D eigenvalue weighted by molar-refractivity contribution is -0.127. The van der Waals surface area contributed by atoms with Gasteiger partial charge in [-0.2, -0.15) is 0 Å². The molecule has 6 nitrogen and oxygen atoms in total. The smallest absolute Gasteiger partial charge is 0.243 e. The predicted molar refractivity (Wildman–Crippen MR) is 119 cm³/mol. The highest BCUT2D eigenvalue weighted by atomic mass is 127. The summed E-state index contributed by atoms with van der Waals surface area (Å²) in [6, 6.07) is 12.2. The van der Waals surface area contributed by atoms with Crippen LogP contribution >= 0.6 is 24.0 Å². The molecule has 0 aliphatic carbocycles. The Balaban J connectivity index is 0.00000364. The van der Waals surface area contributed by atoms with Crippen LogP contribution in [0.3, 0.4) is 0 Å². The standard InChI is InChI=1S/C20H28N4O2.HI/c1-15(17-9-7-6-8-10-17)22-20(21-13-19(25)23(3)4)24(5)14-18-11-12-26-16(18)2;/h6-12,15H,13-14H2,1-5H3,(H,21,22);1H. The van der Waals surface area contributed by atoms with E-state index in [0.717, 1.165) is 16.9 Å². The van der Waals surface area contributed by atoms with Gasteiger partial charge in [-0.05, 0) is 25.5 Å². The first-order chi connectivity index (χ1) is 12.4. The third-order valence-corrected chi connectivity index (χ3v) is 4.24. The molecule has 148 valence electrons. The maximum Gasteiger partial charge on any atom is 0.243 e. The van der Waals surface area contributed by atoms with Crippen molar-refractivity contribution in [2.45, 2.75) is 26.4 Å². The normalized spacial score (nSPS) is 12.1. The third-order valence-electron chi connectivity index (χ3n) is 4.24. The minimum Gasteiger partial charge on any atom is -0.469 e. The zero-order valence-corrected chi connectivity index (χ0v) is 18.9. The number of amides is 1. The number of furan rings is 1. The second-order valence-electron chi connectivity index (χ2n) is 6.56. The minimum absolute atomic E-state index is 0. The Hall–Kier alpha value is -2.03. The molecule has 1 unspecified atom stereocenters. The zero-order valence-electron chi connectivity index (χ0n) is 16.6. The van der Waals surface area contributed by atoms with Gasteiger partial charge in [0.25, 0.3) is 0 Å². The van der Waals surface area contributed by atoms with Crippen LogP contribution in [0.1, 0.15) is 29.9 Å². The van der Waals surface area contributed by atoms with E-state index >= 15 is 0 Å². The lowest BCUT2D eigenvalue weighted by atomic mass is 10.1. The summed E-state index contributed by atoms with van der Waals surface area (Å²) in [6.07, 6.45) is 1.69. The molecule has 0 radical (unpaired) electrons. The van der Waals surface area contributed by atoms with Gasteiger partial charge < -0.3 is 19.5 Å². The molecule has 0 aliphatic heterocycles. The number of carbonyl (C=O) groups excluding carboxylic acids is 1. The molecule has 1 heterocycles. The molecule has 1 amide bonds. The van der Waals surface area contributed by atoms with Gasteiger partial charge in [0.1, 0.15) is 12.3 Å². The summed E-state index contributed by atoms with van der Waals surface area (Å²) in [5.74, 6) is 1.53. The zero-order chi connectivity index (χ0) is 19.1. The van der Waals surface area contributed by atoms with Crippen LogP contribution in [-0.2, 0) is 11.3 Å². The van der Waals surface area contributed by atoms with E-state index in [0.29, 0.717) is 12.5 Å². The molecule has 0 fully saturated rings. The maximum absolute atomic E-state index is 12.0. The summed E-state index contributed by atoms with van der Waals surface area (Å²) >= 11 is 0. The Bertz CT molecular complexity index is 743. The number of hydrogen-bond donors (Lipinski definition) is 1. The molecule has 0 bridgehead atoms. The van der Waals surface area contributed by atoms with Gasteiger partial charge in [0.05, 0.1) is 12.3 Å². The van der Waals surface area contributed by atoms with Gasteiger partial charge in [0.15, 0.2) is 5.96 Å². The van der Waals surface area contributed by atoms with Gasteiger partial charge in [0, 0.05) is 33.3 Å². The monoisotopic (exact) mass is 484 g/mol. The van der Waals surface area contributed by atoms with Crippen LogP contribution < -0.4 is 5.32 Å². The molecular weight excluding hydrogens is 455 g/mol. The molecule has 2 aromatic rings. The topological polar surface area (TPSA) is 61.1 Å². The first kappa shape index (κ1) is 23.0. The van der Waals surface area contributed by atoms with Crippen molar-refractivity contribution in [1.29, 1.82) is 0 Å². The number of nitrogens with zero attached hydrogens (tertiary/aromatic N) is 3.